The molecular formula is C13H16N2O4. The summed E-state index contributed by atoms with van der Waals surface area (Å²) in [5, 5.41) is 18.7. The Bertz CT molecular complexity index is 496. The van der Waals surface area contributed by atoms with Gasteiger partial charge in [0.1, 0.15) is 5.69 Å². The molecule has 1 unspecified atom stereocenters. The Hall–Kier alpha value is -1.95. The van der Waals surface area contributed by atoms with E-state index in [1.165, 1.54) is 18.3 Å². The SMILES string of the molecule is CC1(O)CCCN(C(=O)c2ccc(C(=O)O)nc2)C1. The second-order valence-electron chi connectivity index (χ2n) is 5.06. The van der Waals surface area contributed by atoms with Crippen LogP contribution in [-0.2, 0) is 0 Å². The molecule has 1 aromatic heterocycles. The molecule has 0 radical (unpaired) electrons. The Morgan fingerprint density at radius 2 is 2.16 bits per heavy atom. The number of pyridine rings is 1. The van der Waals surface area contributed by atoms with Crippen molar-refractivity contribution < 1.29 is 19.8 Å². The van der Waals surface area contributed by atoms with Crippen LogP contribution >= 0.6 is 0 Å². The van der Waals surface area contributed by atoms with Crippen LogP contribution in [0.1, 0.15) is 40.6 Å². The minimum Gasteiger partial charge on any atom is -0.477 e. The van der Waals surface area contributed by atoms with Gasteiger partial charge in [-0.3, -0.25) is 4.79 Å². The van der Waals surface area contributed by atoms with Gasteiger partial charge in [0.15, 0.2) is 0 Å². The van der Waals surface area contributed by atoms with Crippen molar-refractivity contribution in [1.82, 2.24) is 9.88 Å². The average molecular weight is 264 g/mol. The summed E-state index contributed by atoms with van der Waals surface area (Å²) in [6, 6.07) is 2.75. The first kappa shape index (κ1) is 13.5. The number of aliphatic hydroxyl groups is 1. The highest BCUT2D eigenvalue weighted by Crippen LogP contribution is 2.21. The number of likely N-dealkylation sites (tertiary alicyclic amines) is 1. The van der Waals surface area contributed by atoms with Crippen LogP contribution in [0.3, 0.4) is 0 Å². The molecule has 2 N–H and O–H groups in total. The van der Waals surface area contributed by atoms with Crippen LogP contribution in [0.4, 0.5) is 0 Å². The summed E-state index contributed by atoms with van der Waals surface area (Å²) in [4.78, 5) is 28.2. The lowest BCUT2D eigenvalue weighted by molar-refractivity contribution is -0.0107. The molecule has 0 aliphatic carbocycles. The molecule has 1 aliphatic rings. The minimum atomic E-state index is -1.13. The van der Waals surface area contributed by atoms with Gasteiger partial charge >= 0.3 is 5.97 Å². The number of carbonyl (C=O) groups is 2. The number of carboxylic acids is 1. The molecule has 1 atom stereocenters. The molecule has 1 aromatic rings. The molecule has 0 aromatic carbocycles. The molecule has 2 rings (SSSR count). The Labute approximate surface area is 110 Å². The minimum absolute atomic E-state index is 0.0952. The molecule has 0 bridgehead atoms. The molecule has 6 nitrogen and oxygen atoms in total. The number of hydrogen-bond donors (Lipinski definition) is 2. The van der Waals surface area contributed by atoms with Crippen molar-refractivity contribution in [3.63, 3.8) is 0 Å². The highest BCUT2D eigenvalue weighted by atomic mass is 16.4. The Morgan fingerprint density at radius 1 is 1.42 bits per heavy atom. The number of aromatic nitrogens is 1. The van der Waals surface area contributed by atoms with E-state index in [4.69, 9.17) is 5.11 Å². The predicted molar refractivity (Wildman–Crippen MR) is 67.0 cm³/mol. The van der Waals surface area contributed by atoms with Gasteiger partial charge in [0.25, 0.3) is 5.91 Å². The summed E-state index contributed by atoms with van der Waals surface area (Å²) >= 11 is 0. The summed E-state index contributed by atoms with van der Waals surface area (Å²) in [5.74, 6) is -1.36. The van der Waals surface area contributed by atoms with Gasteiger partial charge in [0, 0.05) is 19.3 Å². The van der Waals surface area contributed by atoms with Crippen LogP contribution < -0.4 is 0 Å². The number of hydrogen-bond acceptors (Lipinski definition) is 4. The van der Waals surface area contributed by atoms with E-state index < -0.39 is 11.6 Å². The molecule has 1 fully saturated rings. The van der Waals surface area contributed by atoms with Crippen LogP contribution in [0.25, 0.3) is 0 Å². The number of piperidine rings is 1. The first-order chi connectivity index (χ1) is 8.89. The van der Waals surface area contributed by atoms with Gasteiger partial charge in [0.2, 0.25) is 0 Å². The summed E-state index contributed by atoms with van der Waals surface area (Å²) < 4.78 is 0. The fraction of sp³-hybridized carbons (Fsp3) is 0.462. The Morgan fingerprint density at radius 3 is 2.68 bits per heavy atom. The van der Waals surface area contributed by atoms with Crippen LogP contribution in [0.15, 0.2) is 18.3 Å². The Balaban J connectivity index is 2.13. The van der Waals surface area contributed by atoms with Gasteiger partial charge in [-0.1, -0.05) is 0 Å². The highest BCUT2D eigenvalue weighted by molar-refractivity contribution is 5.95. The third-order valence-corrected chi connectivity index (χ3v) is 3.19. The zero-order valence-corrected chi connectivity index (χ0v) is 10.7. The lowest BCUT2D eigenvalue weighted by Gasteiger charge is -2.36. The van der Waals surface area contributed by atoms with Gasteiger partial charge in [-0.2, -0.15) is 0 Å². The quantitative estimate of drug-likeness (QED) is 0.823. The molecule has 102 valence electrons. The maximum atomic E-state index is 12.2. The number of carboxylic acid groups (broad SMARTS) is 1. The summed E-state index contributed by atoms with van der Waals surface area (Å²) in [5.41, 5.74) is -0.618. The van der Waals surface area contributed by atoms with E-state index in [0.29, 0.717) is 18.5 Å². The highest BCUT2D eigenvalue weighted by Gasteiger charge is 2.31. The van der Waals surface area contributed by atoms with Crippen molar-refractivity contribution in [2.75, 3.05) is 13.1 Å². The average Bonchev–Trinajstić information content (AvgIpc) is 2.37. The van der Waals surface area contributed by atoms with Crippen molar-refractivity contribution in [3.8, 4) is 0 Å². The molecule has 6 heteroatoms. The zero-order valence-electron chi connectivity index (χ0n) is 10.7. The van der Waals surface area contributed by atoms with Gasteiger partial charge in [-0.05, 0) is 31.9 Å². The summed E-state index contributed by atoms with van der Waals surface area (Å²) in [7, 11) is 0. The van der Waals surface area contributed by atoms with E-state index in [9.17, 15) is 14.7 Å². The normalized spacial score (nSPS) is 23.2. The van der Waals surface area contributed by atoms with E-state index in [1.807, 2.05) is 0 Å². The smallest absolute Gasteiger partial charge is 0.354 e. The standard InChI is InChI=1S/C13H16N2O4/c1-13(19)5-2-6-15(8-13)11(16)9-3-4-10(12(17)18)14-7-9/h3-4,7,19H,2,5-6,8H2,1H3,(H,17,18). The number of aromatic carboxylic acids is 1. The lowest BCUT2D eigenvalue weighted by Crippen LogP contribution is -2.48. The van der Waals surface area contributed by atoms with E-state index in [2.05, 4.69) is 4.98 Å². The second kappa shape index (κ2) is 4.97. The van der Waals surface area contributed by atoms with E-state index >= 15 is 0 Å². The van der Waals surface area contributed by atoms with Crippen molar-refractivity contribution in [2.45, 2.75) is 25.4 Å². The van der Waals surface area contributed by atoms with Crippen LogP contribution in [0, 0.1) is 0 Å². The Kier molecular flexibility index (Phi) is 3.53. The summed E-state index contributed by atoms with van der Waals surface area (Å²) in [6.07, 6.45) is 2.68. The van der Waals surface area contributed by atoms with Gasteiger partial charge in [0.05, 0.1) is 11.2 Å². The van der Waals surface area contributed by atoms with E-state index in [-0.39, 0.29) is 18.1 Å². The van der Waals surface area contributed by atoms with E-state index in [0.717, 1.165) is 6.42 Å². The number of carbonyl (C=O) groups excluding carboxylic acids is 1. The predicted octanol–water partition coefficient (Wildman–Crippen LogP) is 0.767. The largest absolute Gasteiger partial charge is 0.477 e. The zero-order chi connectivity index (χ0) is 14.0. The van der Waals surface area contributed by atoms with Gasteiger partial charge in [-0.15, -0.1) is 0 Å². The molecule has 19 heavy (non-hydrogen) atoms. The van der Waals surface area contributed by atoms with Crippen molar-refractivity contribution in [3.05, 3.63) is 29.6 Å². The third-order valence-electron chi connectivity index (χ3n) is 3.19. The first-order valence-electron chi connectivity index (χ1n) is 6.10. The number of β-amino-alcohol motifs (C(OH)–C–C–N with tert-alkyl or cyclic N) is 1. The maximum Gasteiger partial charge on any atom is 0.354 e. The molecular weight excluding hydrogens is 248 g/mol. The molecule has 1 amide bonds. The van der Waals surface area contributed by atoms with Gasteiger partial charge < -0.3 is 15.1 Å². The molecule has 0 saturated carbocycles. The first-order valence-corrected chi connectivity index (χ1v) is 6.10. The topological polar surface area (TPSA) is 90.7 Å². The third kappa shape index (κ3) is 3.08. The van der Waals surface area contributed by atoms with Crippen molar-refractivity contribution in [1.29, 1.82) is 0 Å². The molecule has 2 heterocycles. The fourth-order valence-electron chi connectivity index (χ4n) is 2.22. The number of amides is 1. The van der Waals surface area contributed by atoms with E-state index in [1.54, 1.807) is 11.8 Å². The monoisotopic (exact) mass is 264 g/mol. The van der Waals surface area contributed by atoms with Gasteiger partial charge in [-0.25, -0.2) is 9.78 Å². The number of nitrogens with zero attached hydrogens (tertiary/aromatic N) is 2. The van der Waals surface area contributed by atoms with Crippen LogP contribution in [-0.4, -0.2) is 50.7 Å². The van der Waals surface area contributed by atoms with Crippen molar-refractivity contribution >= 4 is 11.9 Å². The lowest BCUT2D eigenvalue weighted by atomic mass is 9.95. The molecule has 1 aliphatic heterocycles. The fourth-order valence-corrected chi connectivity index (χ4v) is 2.22. The summed E-state index contributed by atoms with van der Waals surface area (Å²) in [6.45, 7) is 2.58. The van der Waals surface area contributed by atoms with Crippen LogP contribution in [0.5, 0.6) is 0 Å². The second-order valence-corrected chi connectivity index (χ2v) is 5.06. The van der Waals surface area contributed by atoms with Crippen LogP contribution in [0.2, 0.25) is 0 Å². The molecule has 1 saturated heterocycles. The molecule has 0 spiro atoms. The maximum absolute atomic E-state index is 12.2. The number of rotatable bonds is 2. The van der Waals surface area contributed by atoms with Crippen molar-refractivity contribution in [2.24, 2.45) is 0 Å².